The molecule has 1 aromatic rings. The Morgan fingerprint density at radius 3 is 2.38 bits per heavy atom. The fraction of sp³-hybridized carbons (Fsp3) is 0.500. The second kappa shape index (κ2) is 6.72. The third-order valence-electron chi connectivity index (χ3n) is 4.24. The minimum absolute atomic E-state index is 0.114. The summed E-state index contributed by atoms with van der Waals surface area (Å²) in [4.78, 5) is 23.7. The molecule has 0 aromatic heterocycles. The van der Waals surface area contributed by atoms with Crippen molar-refractivity contribution in [1.82, 2.24) is 0 Å². The predicted octanol–water partition coefficient (Wildman–Crippen LogP) is 2.09. The lowest BCUT2D eigenvalue weighted by atomic mass is 9.69. The predicted molar refractivity (Wildman–Crippen MR) is 77.4 cm³/mol. The molecule has 1 unspecified atom stereocenters. The van der Waals surface area contributed by atoms with Gasteiger partial charge < -0.3 is 15.6 Å². The van der Waals surface area contributed by atoms with Gasteiger partial charge in [-0.1, -0.05) is 49.6 Å². The molecule has 2 rings (SSSR count). The largest absolute Gasteiger partial charge is 0.481 e. The van der Waals surface area contributed by atoms with Gasteiger partial charge in [-0.2, -0.15) is 0 Å². The number of carbonyl (C=O) groups excluding carboxylic acids is 1. The number of carboxylic acid groups (broad SMARTS) is 1. The van der Waals surface area contributed by atoms with Crippen molar-refractivity contribution in [1.29, 1.82) is 0 Å². The van der Waals surface area contributed by atoms with Crippen LogP contribution in [0.4, 0.5) is 0 Å². The maximum atomic E-state index is 12.1. The first-order valence-corrected chi connectivity index (χ1v) is 7.26. The number of carbonyl (C=O) groups is 2. The first-order valence-electron chi connectivity index (χ1n) is 7.26. The van der Waals surface area contributed by atoms with Gasteiger partial charge in [0.15, 0.2) is 0 Å². The highest BCUT2D eigenvalue weighted by atomic mass is 16.5. The van der Waals surface area contributed by atoms with Crippen LogP contribution in [0.2, 0.25) is 0 Å². The van der Waals surface area contributed by atoms with E-state index < -0.39 is 23.4 Å². The van der Waals surface area contributed by atoms with E-state index in [-0.39, 0.29) is 6.61 Å². The normalized spacial score (nSPS) is 18.7. The summed E-state index contributed by atoms with van der Waals surface area (Å²) in [5.41, 5.74) is 5.61. The Bertz CT molecular complexity index is 494. The minimum Gasteiger partial charge on any atom is -0.481 e. The number of hydrogen-bond acceptors (Lipinski definition) is 4. The molecular weight excluding hydrogens is 270 g/mol. The number of hydrogen-bond donors (Lipinski definition) is 2. The number of nitrogens with two attached hydrogens (primary N) is 1. The maximum Gasteiger partial charge on any atom is 0.324 e. The topological polar surface area (TPSA) is 89.6 Å². The van der Waals surface area contributed by atoms with Crippen molar-refractivity contribution in [2.45, 2.75) is 44.8 Å². The third kappa shape index (κ3) is 3.42. The van der Waals surface area contributed by atoms with Gasteiger partial charge in [0.2, 0.25) is 0 Å². The lowest BCUT2D eigenvalue weighted by Gasteiger charge is -2.36. The van der Waals surface area contributed by atoms with Gasteiger partial charge in [0, 0.05) is 0 Å². The zero-order valence-electron chi connectivity index (χ0n) is 12.0. The van der Waals surface area contributed by atoms with E-state index in [0.29, 0.717) is 12.8 Å². The van der Waals surface area contributed by atoms with E-state index >= 15 is 0 Å². The molecule has 1 fully saturated rings. The van der Waals surface area contributed by atoms with Crippen LogP contribution >= 0.6 is 0 Å². The Labute approximate surface area is 124 Å². The zero-order chi connectivity index (χ0) is 15.3. The summed E-state index contributed by atoms with van der Waals surface area (Å²) in [7, 11) is 0. The molecule has 0 bridgehead atoms. The fourth-order valence-corrected chi connectivity index (χ4v) is 2.88. The molecule has 1 atom stereocenters. The number of ether oxygens (including phenoxy) is 1. The van der Waals surface area contributed by atoms with Crippen molar-refractivity contribution in [2.24, 2.45) is 11.1 Å². The lowest BCUT2D eigenvalue weighted by molar-refractivity contribution is -0.163. The van der Waals surface area contributed by atoms with Crippen molar-refractivity contribution in [3.05, 3.63) is 35.9 Å². The van der Waals surface area contributed by atoms with E-state index in [4.69, 9.17) is 10.5 Å². The van der Waals surface area contributed by atoms with E-state index in [1.807, 2.05) is 30.3 Å². The Kier molecular flexibility index (Phi) is 4.96. The second-order valence-corrected chi connectivity index (χ2v) is 5.59. The van der Waals surface area contributed by atoms with Crippen molar-refractivity contribution >= 4 is 11.9 Å². The van der Waals surface area contributed by atoms with Crippen molar-refractivity contribution in [2.75, 3.05) is 0 Å². The van der Waals surface area contributed by atoms with Crippen molar-refractivity contribution in [3.63, 3.8) is 0 Å². The van der Waals surface area contributed by atoms with E-state index in [1.54, 1.807) is 0 Å². The zero-order valence-corrected chi connectivity index (χ0v) is 12.0. The molecule has 0 radical (unpaired) electrons. The van der Waals surface area contributed by atoms with Gasteiger partial charge in [0.25, 0.3) is 0 Å². The number of benzene rings is 1. The van der Waals surface area contributed by atoms with Crippen LogP contribution in [-0.4, -0.2) is 23.1 Å². The Hall–Kier alpha value is -1.88. The maximum absolute atomic E-state index is 12.1. The standard InChI is InChI=1S/C16H21NO4/c17-13(16(15(19)20)9-5-2-6-10-16)14(18)21-11-12-7-3-1-4-8-12/h1,3-4,7-8,13H,2,5-6,9-11,17H2,(H,19,20). The Morgan fingerprint density at radius 1 is 1.19 bits per heavy atom. The molecule has 0 heterocycles. The summed E-state index contributed by atoms with van der Waals surface area (Å²) in [5, 5.41) is 9.51. The minimum atomic E-state index is -1.17. The van der Waals surface area contributed by atoms with Gasteiger partial charge in [-0.15, -0.1) is 0 Å². The Morgan fingerprint density at radius 2 is 1.81 bits per heavy atom. The average molecular weight is 291 g/mol. The van der Waals surface area contributed by atoms with Crippen LogP contribution in [0.5, 0.6) is 0 Å². The molecule has 1 aliphatic carbocycles. The van der Waals surface area contributed by atoms with Crippen LogP contribution in [0, 0.1) is 5.41 Å². The molecule has 0 saturated heterocycles. The lowest BCUT2D eigenvalue weighted by Crippen LogP contribution is -2.53. The summed E-state index contributed by atoms with van der Waals surface area (Å²) in [6.45, 7) is 0.114. The third-order valence-corrected chi connectivity index (χ3v) is 4.24. The first kappa shape index (κ1) is 15.5. The number of esters is 1. The molecule has 114 valence electrons. The van der Waals surface area contributed by atoms with Crippen LogP contribution in [0.15, 0.2) is 30.3 Å². The summed E-state index contributed by atoms with van der Waals surface area (Å²) in [6.07, 6.45) is 3.42. The molecule has 21 heavy (non-hydrogen) atoms. The number of carboxylic acids is 1. The Balaban J connectivity index is 2.01. The smallest absolute Gasteiger partial charge is 0.324 e. The van der Waals surface area contributed by atoms with Crippen LogP contribution in [0.3, 0.4) is 0 Å². The van der Waals surface area contributed by atoms with Crippen molar-refractivity contribution in [3.8, 4) is 0 Å². The van der Waals surface area contributed by atoms with Crippen molar-refractivity contribution < 1.29 is 19.4 Å². The molecule has 1 saturated carbocycles. The molecule has 5 nitrogen and oxygen atoms in total. The SMILES string of the molecule is NC(C(=O)OCc1ccccc1)C1(C(=O)O)CCCCC1. The van der Waals surface area contributed by atoms with Crippen LogP contribution in [0.25, 0.3) is 0 Å². The molecule has 0 amide bonds. The van der Waals surface area contributed by atoms with Gasteiger partial charge in [-0.05, 0) is 18.4 Å². The monoisotopic (exact) mass is 291 g/mol. The average Bonchev–Trinajstić information content (AvgIpc) is 2.53. The molecular formula is C16H21NO4. The quantitative estimate of drug-likeness (QED) is 0.811. The fourth-order valence-electron chi connectivity index (χ4n) is 2.88. The summed E-state index contributed by atoms with van der Waals surface area (Å²) in [6, 6.07) is 8.14. The van der Waals surface area contributed by atoms with E-state index in [9.17, 15) is 14.7 Å². The number of rotatable bonds is 5. The molecule has 1 aliphatic rings. The number of aliphatic carboxylic acids is 1. The van der Waals surface area contributed by atoms with Crippen LogP contribution in [-0.2, 0) is 20.9 Å². The second-order valence-electron chi connectivity index (χ2n) is 5.59. The molecule has 0 spiro atoms. The summed E-state index contributed by atoms with van der Waals surface area (Å²) < 4.78 is 5.19. The van der Waals surface area contributed by atoms with Gasteiger partial charge in [0.05, 0.1) is 5.41 Å². The highest BCUT2D eigenvalue weighted by molar-refractivity contribution is 5.86. The van der Waals surface area contributed by atoms with E-state index in [1.165, 1.54) is 0 Å². The van der Waals surface area contributed by atoms with Crippen LogP contribution < -0.4 is 5.73 Å². The van der Waals surface area contributed by atoms with E-state index in [2.05, 4.69) is 0 Å². The molecule has 1 aromatic carbocycles. The molecule has 0 aliphatic heterocycles. The molecule has 5 heteroatoms. The van der Waals surface area contributed by atoms with Crippen LogP contribution in [0.1, 0.15) is 37.7 Å². The van der Waals surface area contributed by atoms with E-state index in [0.717, 1.165) is 24.8 Å². The first-order chi connectivity index (χ1) is 10.1. The van der Waals surface area contributed by atoms with Gasteiger partial charge in [-0.3, -0.25) is 9.59 Å². The van der Waals surface area contributed by atoms with Gasteiger partial charge in [-0.25, -0.2) is 0 Å². The highest BCUT2D eigenvalue weighted by Gasteiger charge is 2.48. The van der Waals surface area contributed by atoms with Gasteiger partial charge >= 0.3 is 11.9 Å². The highest BCUT2D eigenvalue weighted by Crippen LogP contribution is 2.39. The summed E-state index contributed by atoms with van der Waals surface area (Å²) >= 11 is 0. The summed E-state index contributed by atoms with van der Waals surface area (Å²) in [5.74, 6) is -1.63. The molecule has 3 N–H and O–H groups in total. The van der Waals surface area contributed by atoms with Gasteiger partial charge in [0.1, 0.15) is 12.6 Å².